The van der Waals surface area contributed by atoms with Gasteiger partial charge in [-0.15, -0.1) is 0 Å². The second kappa shape index (κ2) is 6.96. The molecule has 0 aliphatic heterocycles. The number of thioether (sulfide) groups is 1. The highest BCUT2D eigenvalue weighted by molar-refractivity contribution is 7.99. The molecule has 1 aromatic rings. The number of rotatable bonds is 7. The molecule has 2 nitrogen and oxygen atoms in total. The van der Waals surface area contributed by atoms with Gasteiger partial charge < -0.3 is 9.88 Å². The molecule has 3 heteroatoms. The van der Waals surface area contributed by atoms with E-state index in [-0.39, 0.29) is 0 Å². The average Bonchev–Trinajstić information content (AvgIpc) is 2.72. The summed E-state index contributed by atoms with van der Waals surface area (Å²) >= 11 is 2.02. The SMILES string of the molecule is CCSCCCn1ccc(C(C)NC)c1. The predicted molar refractivity (Wildman–Crippen MR) is 69.5 cm³/mol. The Bertz CT molecular complexity index is 270. The number of hydrogen-bond donors (Lipinski definition) is 1. The van der Waals surface area contributed by atoms with Crippen molar-refractivity contribution in [3.63, 3.8) is 0 Å². The fourth-order valence-electron chi connectivity index (χ4n) is 1.51. The first kappa shape index (κ1) is 12.7. The molecule has 15 heavy (non-hydrogen) atoms. The lowest BCUT2D eigenvalue weighted by atomic mass is 10.2. The van der Waals surface area contributed by atoms with Gasteiger partial charge in [-0.1, -0.05) is 6.92 Å². The number of nitrogens with zero attached hydrogens (tertiary/aromatic N) is 1. The molecule has 0 saturated carbocycles. The van der Waals surface area contributed by atoms with E-state index in [2.05, 4.69) is 42.2 Å². The maximum absolute atomic E-state index is 3.25. The van der Waals surface area contributed by atoms with Crippen LogP contribution in [0.25, 0.3) is 0 Å². The summed E-state index contributed by atoms with van der Waals surface area (Å²) in [4.78, 5) is 0. The van der Waals surface area contributed by atoms with Crippen molar-refractivity contribution >= 4 is 11.8 Å². The molecule has 0 aliphatic rings. The molecule has 0 amide bonds. The molecule has 0 bridgehead atoms. The normalized spacial score (nSPS) is 13.0. The Hall–Kier alpha value is -0.410. The Morgan fingerprint density at radius 1 is 1.53 bits per heavy atom. The molecule has 86 valence electrons. The first-order valence-corrected chi connectivity index (χ1v) is 6.84. The number of nitrogens with one attached hydrogen (secondary N) is 1. The van der Waals surface area contributed by atoms with Crippen molar-refractivity contribution in [2.24, 2.45) is 0 Å². The van der Waals surface area contributed by atoms with E-state index in [9.17, 15) is 0 Å². The van der Waals surface area contributed by atoms with E-state index >= 15 is 0 Å². The van der Waals surface area contributed by atoms with Crippen molar-refractivity contribution in [3.8, 4) is 0 Å². The van der Waals surface area contributed by atoms with Crippen LogP contribution < -0.4 is 5.32 Å². The lowest BCUT2D eigenvalue weighted by molar-refractivity contribution is 0.641. The van der Waals surface area contributed by atoms with E-state index < -0.39 is 0 Å². The third-order valence-electron chi connectivity index (χ3n) is 2.62. The van der Waals surface area contributed by atoms with Gasteiger partial charge in [0.05, 0.1) is 0 Å². The van der Waals surface area contributed by atoms with Gasteiger partial charge in [0.25, 0.3) is 0 Å². The molecule has 0 fully saturated rings. The second-order valence-electron chi connectivity index (χ2n) is 3.74. The first-order chi connectivity index (χ1) is 7.27. The molecule has 1 heterocycles. The van der Waals surface area contributed by atoms with Crippen molar-refractivity contribution in [2.45, 2.75) is 32.9 Å². The molecule has 1 rings (SSSR count). The Balaban J connectivity index is 2.33. The van der Waals surface area contributed by atoms with Crippen molar-refractivity contribution in [3.05, 3.63) is 24.0 Å². The van der Waals surface area contributed by atoms with E-state index in [0.717, 1.165) is 6.54 Å². The smallest absolute Gasteiger partial charge is 0.0304 e. The molecule has 1 aromatic heterocycles. The van der Waals surface area contributed by atoms with Crippen LogP contribution >= 0.6 is 11.8 Å². The van der Waals surface area contributed by atoms with E-state index in [1.165, 1.54) is 23.5 Å². The molecule has 0 aliphatic carbocycles. The summed E-state index contributed by atoms with van der Waals surface area (Å²) in [5.41, 5.74) is 1.38. The fraction of sp³-hybridized carbons (Fsp3) is 0.667. The van der Waals surface area contributed by atoms with Crippen LogP contribution in [0.3, 0.4) is 0 Å². The Kier molecular flexibility index (Phi) is 5.88. The fourth-order valence-corrected chi connectivity index (χ4v) is 2.14. The molecule has 0 spiro atoms. The van der Waals surface area contributed by atoms with Crippen LogP contribution in [-0.4, -0.2) is 23.1 Å². The van der Waals surface area contributed by atoms with Gasteiger partial charge in [-0.05, 0) is 43.5 Å². The van der Waals surface area contributed by atoms with Crippen molar-refractivity contribution in [2.75, 3.05) is 18.6 Å². The number of hydrogen-bond acceptors (Lipinski definition) is 2. The molecule has 1 unspecified atom stereocenters. The maximum Gasteiger partial charge on any atom is 0.0304 e. The highest BCUT2D eigenvalue weighted by atomic mass is 32.2. The standard InChI is InChI=1S/C12H22N2S/c1-4-15-9-5-7-14-8-6-12(10-14)11(2)13-3/h6,8,10-11,13H,4-5,7,9H2,1-3H3. The molecule has 0 aromatic carbocycles. The van der Waals surface area contributed by atoms with Crippen LogP contribution in [0.15, 0.2) is 18.5 Å². The Labute approximate surface area is 97.4 Å². The summed E-state index contributed by atoms with van der Waals surface area (Å²) in [6, 6.07) is 2.66. The van der Waals surface area contributed by atoms with Gasteiger partial charge in [0.2, 0.25) is 0 Å². The summed E-state index contributed by atoms with van der Waals surface area (Å²) in [5.74, 6) is 2.50. The highest BCUT2D eigenvalue weighted by Gasteiger charge is 2.03. The quantitative estimate of drug-likeness (QED) is 0.720. The summed E-state index contributed by atoms with van der Waals surface area (Å²) in [6.45, 7) is 5.54. The summed E-state index contributed by atoms with van der Waals surface area (Å²) in [5, 5.41) is 3.25. The summed E-state index contributed by atoms with van der Waals surface area (Å²) in [6.07, 6.45) is 5.69. The van der Waals surface area contributed by atoms with Gasteiger partial charge in [0, 0.05) is 25.0 Å². The van der Waals surface area contributed by atoms with Gasteiger partial charge in [0.15, 0.2) is 0 Å². The van der Waals surface area contributed by atoms with Crippen LogP contribution in [0.2, 0.25) is 0 Å². The van der Waals surface area contributed by atoms with Gasteiger partial charge in [-0.3, -0.25) is 0 Å². The Morgan fingerprint density at radius 3 is 3.00 bits per heavy atom. The Morgan fingerprint density at radius 2 is 2.33 bits per heavy atom. The van der Waals surface area contributed by atoms with Gasteiger partial charge in [-0.25, -0.2) is 0 Å². The second-order valence-corrected chi connectivity index (χ2v) is 5.14. The minimum absolute atomic E-state index is 0.455. The van der Waals surface area contributed by atoms with Crippen LogP contribution in [0.4, 0.5) is 0 Å². The molecule has 0 saturated heterocycles. The van der Waals surface area contributed by atoms with Gasteiger partial charge in [0.1, 0.15) is 0 Å². The summed E-state index contributed by atoms with van der Waals surface area (Å²) < 4.78 is 2.29. The molecular weight excluding hydrogens is 204 g/mol. The van der Waals surface area contributed by atoms with Crippen LogP contribution in [0.5, 0.6) is 0 Å². The van der Waals surface area contributed by atoms with Crippen LogP contribution in [-0.2, 0) is 6.54 Å². The predicted octanol–water partition coefficient (Wildman–Crippen LogP) is 2.91. The van der Waals surface area contributed by atoms with Crippen molar-refractivity contribution < 1.29 is 0 Å². The first-order valence-electron chi connectivity index (χ1n) is 5.68. The highest BCUT2D eigenvalue weighted by Crippen LogP contribution is 2.12. The van der Waals surface area contributed by atoms with Crippen molar-refractivity contribution in [1.82, 2.24) is 9.88 Å². The summed E-state index contributed by atoms with van der Waals surface area (Å²) in [7, 11) is 2.00. The monoisotopic (exact) mass is 226 g/mol. The minimum Gasteiger partial charge on any atom is -0.354 e. The van der Waals surface area contributed by atoms with Crippen molar-refractivity contribution in [1.29, 1.82) is 0 Å². The molecule has 0 radical (unpaired) electrons. The molecule has 1 N–H and O–H groups in total. The molecule has 1 atom stereocenters. The van der Waals surface area contributed by atoms with E-state index in [1.807, 2.05) is 18.8 Å². The zero-order valence-corrected chi connectivity index (χ0v) is 10.8. The third-order valence-corrected chi connectivity index (χ3v) is 3.60. The largest absolute Gasteiger partial charge is 0.354 e. The zero-order valence-electron chi connectivity index (χ0n) is 9.99. The number of aryl methyl sites for hydroxylation is 1. The van der Waals surface area contributed by atoms with E-state index in [0.29, 0.717) is 6.04 Å². The van der Waals surface area contributed by atoms with E-state index in [4.69, 9.17) is 0 Å². The average molecular weight is 226 g/mol. The maximum atomic E-state index is 3.25. The molecular formula is C12H22N2S. The topological polar surface area (TPSA) is 17.0 Å². The number of aromatic nitrogens is 1. The van der Waals surface area contributed by atoms with Gasteiger partial charge in [-0.2, -0.15) is 11.8 Å². The van der Waals surface area contributed by atoms with Crippen LogP contribution in [0, 0.1) is 0 Å². The van der Waals surface area contributed by atoms with Gasteiger partial charge >= 0.3 is 0 Å². The van der Waals surface area contributed by atoms with E-state index in [1.54, 1.807) is 0 Å². The van der Waals surface area contributed by atoms with Crippen LogP contribution in [0.1, 0.15) is 31.9 Å². The third kappa shape index (κ3) is 4.31. The zero-order chi connectivity index (χ0) is 11.1. The minimum atomic E-state index is 0.455. The lowest BCUT2D eigenvalue weighted by Crippen LogP contribution is -2.11. The lowest BCUT2D eigenvalue weighted by Gasteiger charge is -2.07.